The number of nitriles is 1. The number of rotatable bonds is 4. The van der Waals surface area contributed by atoms with Crippen LogP contribution >= 0.6 is 0 Å². The number of carbonyl (C=O) groups is 1. The number of pyridine rings is 1. The maximum Gasteiger partial charge on any atom is 0.251 e. The minimum absolute atomic E-state index is 0.0403. The van der Waals surface area contributed by atoms with Gasteiger partial charge in [-0.3, -0.25) is 4.79 Å². The summed E-state index contributed by atoms with van der Waals surface area (Å²) in [7, 11) is 0. The number of aromatic nitrogens is 4. The zero-order valence-electron chi connectivity index (χ0n) is 14.8. The number of nitrogens with one attached hydrogen (secondary N) is 2. The summed E-state index contributed by atoms with van der Waals surface area (Å²) in [4.78, 5) is 21.5. The fraction of sp³-hybridized carbons (Fsp3) is 0.389. The number of piperidine rings is 1. The molecule has 138 valence electrons. The third-order valence-corrected chi connectivity index (χ3v) is 4.77. The fourth-order valence-corrected chi connectivity index (χ4v) is 3.66. The van der Waals surface area contributed by atoms with Gasteiger partial charge in [0.2, 0.25) is 12.3 Å². The van der Waals surface area contributed by atoms with Gasteiger partial charge >= 0.3 is 0 Å². The summed E-state index contributed by atoms with van der Waals surface area (Å²) in [6.07, 6.45) is 5.62. The van der Waals surface area contributed by atoms with Crippen LogP contribution in [0.5, 0.6) is 0 Å². The summed E-state index contributed by atoms with van der Waals surface area (Å²) in [6.45, 7) is 3.32. The molecule has 0 aromatic carbocycles. The number of nitrogens with zero attached hydrogens (tertiary/aromatic N) is 5. The highest BCUT2D eigenvalue weighted by molar-refractivity contribution is 5.97. The van der Waals surface area contributed by atoms with Gasteiger partial charge in [0.05, 0.1) is 17.3 Å². The van der Waals surface area contributed by atoms with E-state index in [1.807, 2.05) is 18.3 Å². The first-order valence-electron chi connectivity index (χ1n) is 8.79. The molecule has 1 aliphatic rings. The second kappa shape index (κ2) is 7.07. The Bertz CT molecular complexity index is 989. The van der Waals surface area contributed by atoms with Crippen molar-refractivity contribution in [3.8, 4) is 17.5 Å². The Morgan fingerprint density at radius 3 is 3.19 bits per heavy atom. The van der Waals surface area contributed by atoms with Gasteiger partial charge in [-0.1, -0.05) is 6.92 Å². The van der Waals surface area contributed by atoms with Crippen LogP contribution in [0.2, 0.25) is 0 Å². The molecule has 9 nitrogen and oxygen atoms in total. The van der Waals surface area contributed by atoms with E-state index in [1.165, 1.54) is 6.39 Å². The minimum atomic E-state index is -0.130. The molecular formula is C18H19N7O2. The van der Waals surface area contributed by atoms with Crippen LogP contribution in [0.25, 0.3) is 22.5 Å². The number of hydrogen-bond acceptors (Lipinski definition) is 7. The van der Waals surface area contributed by atoms with Crippen LogP contribution in [0, 0.1) is 17.2 Å². The number of amides is 1. The van der Waals surface area contributed by atoms with Crippen LogP contribution in [0.1, 0.15) is 19.8 Å². The van der Waals surface area contributed by atoms with Gasteiger partial charge in [-0.15, -0.1) is 10.2 Å². The normalized spacial score (nSPS) is 19.8. The van der Waals surface area contributed by atoms with E-state index >= 15 is 0 Å². The average Bonchev–Trinajstić information content (AvgIpc) is 3.33. The summed E-state index contributed by atoms with van der Waals surface area (Å²) < 4.78 is 5.37. The first kappa shape index (κ1) is 17.0. The third-order valence-electron chi connectivity index (χ3n) is 4.77. The van der Waals surface area contributed by atoms with E-state index in [4.69, 9.17) is 9.68 Å². The van der Waals surface area contributed by atoms with Gasteiger partial charge in [0.1, 0.15) is 12.1 Å². The lowest BCUT2D eigenvalue weighted by molar-refractivity contribution is -0.132. The molecule has 1 fully saturated rings. The second-order valence-electron chi connectivity index (χ2n) is 6.85. The topological polar surface area (TPSA) is 124 Å². The molecule has 4 heterocycles. The lowest BCUT2D eigenvalue weighted by Crippen LogP contribution is -2.48. The van der Waals surface area contributed by atoms with Crippen molar-refractivity contribution in [2.24, 2.45) is 5.92 Å². The molecule has 1 saturated heterocycles. The van der Waals surface area contributed by atoms with Gasteiger partial charge in [0.25, 0.3) is 5.89 Å². The van der Waals surface area contributed by atoms with Crippen LogP contribution in [0.3, 0.4) is 0 Å². The standard InChI is InChI=1S/C18H19N7O2/c1-11-6-12(9-25(8-11)15(26)2-4-19)23-16-13-3-5-20-17(13)21-7-14(16)18-24-22-10-27-18/h3,5,7,10-12H,2,6,8-9H2,1H3,(H2,20,21,23)/t11-,12+/m0/s1. The van der Waals surface area contributed by atoms with Crippen LogP contribution in [-0.4, -0.2) is 50.1 Å². The van der Waals surface area contributed by atoms with Gasteiger partial charge < -0.3 is 19.6 Å². The highest BCUT2D eigenvalue weighted by Gasteiger charge is 2.29. The molecule has 0 radical (unpaired) electrons. The molecule has 0 aliphatic carbocycles. The van der Waals surface area contributed by atoms with E-state index in [0.717, 1.165) is 23.1 Å². The largest absolute Gasteiger partial charge is 0.423 e. The molecule has 0 unspecified atom stereocenters. The van der Waals surface area contributed by atoms with Crippen molar-refractivity contribution in [1.82, 2.24) is 25.1 Å². The molecular weight excluding hydrogens is 346 g/mol. The summed E-state index contributed by atoms with van der Waals surface area (Å²) in [5.41, 5.74) is 2.31. The maximum atomic E-state index is 12.2. The fourth-order valence-electron chi connectivity index (χ4n) is 3.66. The Morgan fingerprint density at radius 2 is 2.41 bits per heavy atom. The van der Waals surface area contributed by atoms with E-state index in [0.29, 0.717) is 30.5 Å². The minimum Gasteiger partial charge on any atom is -0.423 e. The number of likely N-dealkylation sites (tertiary alicyclic amines) is 1. The van der Waals surface area contributed by atoms with Crippen molar-refractivity contribution in [1.29, 1.82) is 5.26 Å². The maximum absolute atomic E-state index is 12.2. The van der Waals surface area contributed by atoms with Crippen LogP contribution in [0.15, 0.2) is 29.3 Å². The highest BCUT2D eigenvalue weighted by Crippen LogP contribution is 2.34. The van der Waals surface area contributed by atoms with E-state index < -0.39 is 0 Å². The van der Waals surface area contributed by atoms with E-state index in [1.54, 1.807) is 11.1 Å². The Labute approximate surface area is 155 Å². The van der Waals surface area contributed by atoms with Crippen molar-refractivity contribution in [3.05, 3.63) is 24.9 Å². The summed E-state index contributed by atoms with van der Waals surface area (Å²) in [6, 6.07) is 3.92. The molecule has 27 heavy (non-hydrogen) atoms. The monoisotopic (exact) mass is 365 g/mol. The SMILES string of the molecule is C[C@H]1C[C@@H](Nc2c(-c3nnco3)cnc3[nH]ccc23)CN(C(=O)CC#N)C1. The molecule has 4 rings (SSSR count). The van der Waals surface area contributed by atoms with Gasteiger partial charge in [-0.25, -0.2) is 4.98 Å². The second-order valence-corrected chi connectivity index (χ2v) is 6.85. The predicted octanol–water partition coefficient (Wildman–Crippen LogP) is 2.18. The van der Waals surface area contributed by atoms with Crippen molar-refractivity contribution in [2.75, 3.05) is 18.4 Å². The van der Waals surface area contributed by atoms with Gasteiger partial charge in [-0.05, 0) is 18.4 Å². The van der Waals surface area contributed by atoms with Crippen LogP contribution in [-0.2, 0) is 4.79 Å². The van der Waals surface area contributed by atoms with Crippen LogP contribution in [0.4, 0.5) is 5.69 Å². The summed E-state index contributed by atoms with van der Waals surface area (Å²) in [5, 5.41) is 21.1. The van der Waals surface area contributed by atoms with Crippen LogP contribution < -0.4 is 5.32 Å². The quantitative estimate of drug-likeness (QED) is 0.726. The number of hydrogen-bond donors (Lipinski definition) is 2. The van der Waals surface area contributed by atoms with Crippen molar-refractivity contribution in [3.63, 3.8) is 0 Å². The zero-order valence-corrected chi connectivity index (χ0v) is 14.8. The average molecular weight is 365 g/mol. The van der Waals surface area contributed by atoms with Crippen molar-refractivity contribution in [2.45, 2.75) is 25.8 Å². The van der Waals surface area contributed by atoms with Gasteiger partial charge in [-0.2, -0.15) is 5.26 Å². The van der Waals surface area contributed by atoms with Crippen molar-refractivity contribution >= 4 is 22.6 Å². The first-order chi connectivity index (χ1) is 13.2. The third kappa shape index (κ3) is 3.33. The summed E-state index contributed by atoms with van der Waals surface area (Å²) in [5.74, 6) is 0.582. The molecule has 2 atom stereocenters. The Morgan fingerprint density at radius 1 is 1.52 bits per heavy atom. The molecule has 1 aliphatic heterocycles. The Balaban J connectivity index is 1.66. The molecule has 9 heteroatoms. The molecule has 0 saturated carbocycles. The number of H-pyrrole nitrogens is 1. The van der Waals surface area contributed by atoms with Crippen molar-refractivity contribution < 1.29 is 9.21 Å². The number of fused-ring (bicyclic) bond motifs is 1. The van der Waals surface area contributed by atoms with E-state index in [-0.39, 0.29) is 18.4 Å². The first-order valence-corrected chi connectivity index (χ1v) is 8.79. The van der Waals surface area contributed by atoms with E-state index in [2.05, 4.69) is 32.4 Å². The molecule has 2 N–H and O–H groups in total. The lowest BCUT2D eigenvalue weighted by Gasteiger charge is -2.37. The smallest absolute Gasteiger partial charge is 0.251 e. The van der Waals surface area contributed by atoms with Gasteiger partial charge in [0, 0.05) is 36.9 Å². The number of carbonyl (C=O) groups excluding carboxylic acids is 1. The van der Waals surface area contributed by atoms with Gasteiger partial charge in [0.15, 0.2) is 0 Å². The molecule has 3 aromatic rings. The number of aromatic amines is 1. The lowest BCUT2D eigenvalue weighted by atomic mass is 9.95. The predicted molar refractivity (Wildman–Crippen MR) is 97.4 cm³/mol. The molecule has 3 aromatic heterocycles. The Hall–Kier alpha value is -3.41. The molecule has 1 amide bonds. The molecule has 0 bridgehead atoms. The Kier molecular flexibility index (Phi) is 4.46. The summed E-state index contributed by atoms with van der Waals surface area (Å²) >= 11 is 0. The molecule has 0 spiro atoms. The number of anilines is 1. The highest BCUT2D eigenvalue weighted by atomic mass is 16.4. The zero-order chi connectivity index (χ0) is 18.8. The van der Waals surface area contributed by atoms with E-state index in [9.17, 15) is 4.79 Å².